The number of aromatic nitrogens is 3. The van der Waals surface area contributed by atoms with Crippen LogP contribution >= 0.6 is 11.6 Å². The van der Waals surface area contributed by atoms with Crippen molar-refractivity contribution in [1.82, 2.24) is 14.5 Å². The van der Waals surface area contributed by atoms with E-state index in [0.29, 0.717) is 16.7 Å². The minimum absolute atomic E-state index is 0.395. The monoisotopic (exact) mass is 236 g/mol. The van der Waals surface area contributed by atoms with Crippen LogP contribution in [0.2, 0.25) is 5.15 Å². The van der Waals surface area contributed by atoms with Crippen molar-refractivity contribution in [2.24, 2.45) is 0 Å². The Balaban J connectivity index is 2.45. The quantitative estimate of drug-likeness (QED) is 0.833. The van der Waals surface area contributed by atoms with Crippen LogP contribution in [-0.2, 0) is 6.42 Å². The molecule has 84 valence electrons. The van der Waals surface area contributed by atoms with E-state index in [0.717, 1.165) is 18.7 Å². The molecular formula is C11H13ClN4. The molecule has 0 radical (unpaired) electrons. The van der Waals surface area contributed by atoms with Gasteiger partial charge >= 0.3 is 0 Å². The van der Waals surface area contributed by atoms with Crippen molar-refractivity contribution >= 4 is 17.3 Å². The Kier molecular flexibility index (Phi) is 3.10. The topological polar surface area (TPSA) is 56.7 Å². The van der Waals surface area contributed by atoms with E-state index in [9.17, 15) is 0 Å². The van der Waals surface area contributed by atoms with Crippen LogP contribution in [0.25, 0.3) is 5.82 Å². The molecule has 16 heavy (non-hydrogen) atoms. The zero-order valence-electron chi connectivity index (χ0n) is 9.02. The predicted molar refractivity (Wildman–Crippen MR) is 64.8 cm³/mol. The van der Waals surface area contributed by atoms with Gasteiger partial charge in [0.05, 0.1) is 0 Å². The molecule has 0 atom stereocenters. The summed E-state index contributed by atoms with van der Waals surface area (Å²) < 4.78 is 1.91. The van der Waals surface area contributed by atoms with Crippen molar-refractivity contribution < 1.29 is 0 Å². The molecule has 0 fully saturated rings. The fourth-order valence-corrected chi connectivity index (χ4v) is 1.79. The highest BCUT2D eigenvalue weighted by Gasteiger charge is 2.06. The summed E-state index contributed by atoms with van der Waals surface area (Å²) in [5, 5.41) is 0.395. The lowest BCUT2D eigenvalue weighted by Gasteiger charge is -2.07. The summed E-state index contributed by atoms with van der Waals surface area (Å²) in [5.41, 5.74) is 6.33. The summed E-state index contributed by atoms with van der Waals surface area (Å²) in [6, 6.07) is 3.41. The first-order valence-electron chi connectivity index (χ1n) is 5.16. The van der Waals surface area contributed by atoms with Crippen LogP contribution in [0.1, 0.15) is 19.2 Å². The Labute approximate surface area is 99.1 Å². The lowest BCUT2D eigenvalue weighted by molar-refractivity contribution is 0.798. The third kappa shape index (κ3) is 2.17. The number of aryl methyl sites for hydroxylation is 1. The summed E-state index contributed by atoms with van der Waals surface area (Å²) in [7, 11) is 0. The van der Waals surface area contributed by atoms with E-state index < -0.39 is 0 Å². The Morgan fingerprint density at radius 3 is 2.94 bits per heavy atom. The van der Waals surface area contributed by atoms with E-state index in [1.807, 2.05) is 10.8 Å². The molecular weight excluding hydrogens is 224 g/mol. The summed E-state index contributed by atoms with van der Waals surface area (Å²) in [4.78, 5) is 8.51. The van der Waals surface area contributed by atoms with Crippen molar-refractivity contribution in [2.45, 2.75) is 19.8 Å². The van der Waals surface area contributed by atoms with Crippen molar-refractivity contribution in [3.8, 4) is 5.82 Å². The first-order chi connectivity index (χ1) is 7.70. The van der Waals surface area contributed by atoms with Gasteiger partial charge in [0, 0.05) is 30.6 Å². The zero-order chi connectivity index (χ0) is 11.5. The van der Waals surface area contributed by atoms with Crippen molar-refractivity contribution in [3.05, 3.63) is 35.5 Å². The third-order valence-electron chi connectivity index (χ3n) is 2.24. The first kappa shape index (κ1) is 11.0. The molecule has 0 unspecified atom stereocenters. The molecule has 0 amide bonds. The van der Waals surface area contributed by atoms with Gasteiger partial charge in [0.1, 0.15) is 16.8 Å². The van der Waals surface area contributed by atoms with Crippen LogP contribution in [0.3, 0.4) is 0 Å². The molecule has 2 N–H and O–H groups in total. The maximum absolute atomic E-state index is 5.87. The van der Waals surface area contributed by atoms with Gasteiger partial charge in [-0.2, -0.15) is 0 Å². The van der Waals surface area contributed by atoms with Crippen molar-refractivity contribution in [1.29, 1.82) is 0 Å². The highest BCUT2D eigenvalue weighted by Crippen LogP contribution is 2.17. The highest BCUT2D eigenvalue weighted by molar-refractivity contribution is 6.29. The number of halogens is 1. The van der Waals surface area contributed by atoms with Crippen LogP contribution in [0.5, 0.6) is 0 Å². The Bertz CT molecular complexity index is 472. The van der Waals surface area contributed by atoms with Crippen LogP contribution in [-0.4, -0.2) is 14.5 Å². The van der Waals surface area contributed by atoms with Crippen LogP contribution < -0.4 is 5.73 Å². The van der Waals surface area contributed by atoms with Gasteiger partial charge < -0.3 is 5.73 Å². The Morgan fingerprint density at radius 2 is 2.25 bits per heavy atom. The SMILES string of the molecule is CCCc1nccn1-c1cc(N)cc(Cl)n1. The molecule has 0 saturated carbocycles. The molecule has 4 nitrogen and oxygen atoms in total. The summed E-state index contributed by atoms with van der Waals surface area (Å²) in [5.74, 6) is 1.68. The molecule has 2 rings (SSSR count). The van der Waals surface area contributed by atoms with Gasteiger partial charge in [-0.15, -0.1) is 0 Å². The number of rotatable bonds is 3. The zero-order valence-corrected chi connectivity index (χ0v) is 9.78. The minimum atomic E-state index is 0.395. The predicted octanol–water partition coefficient (Wildman–Crippen LogP) is 2.46. The largest absolute Gasteiger partial charge is 0.399 e. The van der Waals surface area contributed by atoms with E-state index in [-0.39, 0.29) is 0 Å². The van der Waals surface area contributed by atoms with Crippen LogP contribution in [0.4, 0.5) is 5.69 Å². The molecule has 0 bridgehead atoms. The third-order valence-corrected chi connectivity index (χ3v) is 2.43. The van der Waals surface area contributed by atoms with E-state index >= 15 is 0 Å². The summed E-state index contributed by atoms with van der Waals surface area (Å²) in [6.07, 6.45) is 5.56. The number of hydrogen-bond acceptors (Lipinski definition) is 3. The molecule has 0 aliphatic carbocycles. The van der Waals surface area contributed by atoms with E-state index in [1.165, 1.54) is 0 Å². The second-order valence-electron chi connectivity index (χ2n) is 3.54. The molecule has 0 aromatic carbocycles. The maximum Gasteiger partial charge on any atom is 0.141 e. The van der Waals surface area contributed by atoms with E-state index in [1.54, 1.807) is 18.3 Å². The first-order valence-corrected chi connectivity index (χ1v) is 5.54. The molecule has 0 aliphatic rings. The van der Waals surface area contributed by atoms with Gasteiger partial charge in [0.25, 0.3) is 0 Å². The molecule has 0 saturated heterocycles. The molecule has 5 heteroatoms. The average molecular weight is 237 g/mol. The lowest BCUT2D eigenvalue weighted by Crippen LogP contribution is -2.03. The number of pyridine rings is 1. The van der Waals surface area contributed by atoms with Gasteiger partial charge in [0.15, 0.2) is 0 Å². The number of hydrogen-bond donors (Lipinski definition) is 1. The van der Waals surface area contributed by atoms with Crippen LogP contribution in [0.15, 0.2) is 24.5 Å². The molecule has 0 aliphatic heterocycles. The summed E-state index contributed by atoms with van der Waals surface area (Å²) in [6.45, 7) is 2.11. The van der Waals surface area contributed by atoms with Gasteiger partial charge in [-0.1, -0.05) is 18.5 Å². The van der Waals surface area contributed by atoms with E-state index in [2.05, 4.69) is 16.9 Å². The number of nitrogens with zero attached hydrogens (tertiary/aromatic N) is 3. The fraction of sp³-hybridized carbons (Fsp3) is 0.273. The highest BCUT2D eigenvalue weighted by atomic mass is 35.5. The number of imidazole rings is 1. The minimum Gasteiger partial charge on any atom is -0.399 e. The Morgan fingerprint density at radius 1 is 1.44 bits per heavy atom. The molecule has 2 aromatic rings. The normalized spacial score (nSPS) is 10.6. The van der Waals surface area contributed by atoms with Crippen molar-refractivity contribution in [2.75, 3.05) is 5.73 Å². The second kappa shape index (κ2) is 4.53. The van der Waals surface area contributed by atoms with E-state index in [4.69, 9.17) is 17.3 Å². The number of anilines is 1. The van der Waals surface area contributed by atoms with Gasteiger partial charge in [0.2, 0.25) is 0 Å². The molecule has 0 spiro atoms. The smallest absolute Gasteiger partial charge is 0.141 e. The standard InChI is InChI=1S/C11H13ClN4/c1-2-3-10-14-4-5-16(10)11-7-8(13)6-9(12)15-11/h4-7H,2-3H2,1H3,(H2,13,15). The molecule has 2 heterocycles. The van der Waals surface area contributed by atoms with Gasteiger partial charge in [-0.05, 0) is 12.5 Å². The maximum atomic E-state index is 5.87. The molecule has 2 aromatic heterocycles. The Hall–Kier alpha value is -1.55. The second-order valence-corrected chi connectivity index (χ2v) is 3.93. The van der Waals surface area contributed by atoms with Gasteiger partial charge in [-0.25, -0.2) is 9.97 Å². The fourth-order valence-electron chi connectivity index (χ4n) is 1.58. The van der Waals surface area contributed by atoms with Crippen LogP contribution in [0, 0.1) is 0 Å². The lowest BCUT2D eigenvalue weighted by atomic mass is 10.3. The number of nitrogens with two attached hydrogens (primary N) is 1. The summed E-state index contributed by atoms with van der Waals surface area (Å²) >= 11 is 5.87. The van der Waals surface area contributed by atoms with Crippen molar-refractivity contribution in [3.63, 3.8) is 0 Å². The number of nitrogen functional groups attached to an aromatic ring is 1. The van der Waals surface area contributed by atoms with Gasteiger partial charge in [-0.3, -0.25) is 4.57 Å². The average Bonchev–Trinajstić information content (AvgIpc) is 2.65.